The maximum Gasteiger partial charge on any atom is 0.341 e. The molecule has 0 bridgehead atoms. The van der Waals surface area contributed by atoms with Crippen LogP contribution in [0.3, 0.4) is 0 Å². The number of hydrogen-bond donors (Lipinski definition) is 0. The lowest BCUT2D eigenvalue weighted by atomic mass is 10.2. The average Bonchev–Trinajstić information content (AvgIpc) is 3.28. The van der Waals surface area contributed by atoms with Crippen molar-refractivity contribution < 1.29 is 19.0 Å². The first kappa shape index (κ1) is 11.5. The van der Waals surface area contributed by atoms with E-state index >= 15 is 0 Å². The van der Waals surface area contributed by atoms with Gasteiger partial charge in [0.25, 0.3) is 0 Å². The summed E-state index contributed by atoms with van der Waals surface area (Å²) in [5, 5.41) is 0. The summed E-state index contributed by atoms with van der Waals surface area (Å²) < 4.78 is 15.9. The van der Waals surface area contributed by atoms with Crippen LogP contribution in [0, 0.1) is 5.92 Å². The minimum atomic E-state index is -0.297. The van der Waals surface area contributed by atoms with Crippen molar-refractivity contribution >= 4 is 5.97 Å². The number of para-hydroxylation sites is 1. The van der Waals surface area contributed by atoms with E-state index in [1.54, 1.807) is 12.1 Å². The maximum absolute atomic E-state index is 11.9. The zero-order valence-electron chi connectivity index (χ0n) is 10.1. The third kappa shape index (κ3) is 3.01. The summed E-state index contributed by atoms with van der Waals surface area (Å²) in [4.78, 5) is 11.9. The number of ether oxygens (including phenoxy) is 3. The van der Waals surface area contributed by atoms with E-state index in [1.807, 2.05) is 12.1 Å². The molecule has 0 radical (unpaired) electrons. The largest absolute Gasteiger partial charge is 0.490 e. The first-order valence-corrected chi connectivity index (χ1v) is 6.33. The van der Waals surface area contributed by atoms with Gasteiger partial charge in [-0.1, -0.05) is 12.1 Å². The van der Waals surface area contributed by atoms with Gasteiger partial charge in [0.05, 0.1) is 13.2 Å². The second-order valence-corrected chi connectivity index (χ2v) is 4.80. The van der Waals surface area contributed by atoms with Crippen LogP contribution < -0.4 is 4.74 Å². The van der Waals surface area contributed by atoms with Crippen molar-refractivity contribution in [2.45, 2.75) is 18.9 Å². The van der Waals surface area contributed by atoms with Gasteiger partial charge in [-0.2, -0.15) is 0 Å². The fourth-order valence-electron chi connectivity index (χ4n) is 1.66. The number of carbonyl (C=O) groups is 1. The van der Waals surface area contributed by atoms with Gasteiger partial charge >= 0.3 is 5.97 Å². The monoisotopic (exact) mass is 248 g/mol. The van der Waals surface area contributed by atoms with Crippen LogP contribution in [0.5, 0.6) is 5.75 Å². The van der Waals surface area contributed by atoms with Crippen molar-refractivity contribution in [2.24, 2.45) is 5.92 Å². The molecule has 0 spiro atoms. The van der Waals surface area contributed by atoms with E-state index in [9.17, 15) is 4.79 Å². The summed E-state index contributed by atoms with van der Waals surface area (Å²) in [6.45, 7) is 1.76. The molecule has 3 rings (SSSR count). The molecule has 0 aromatic heterocycles. The van der Waals surface area contributed by atoms with Crippen molar-refractivity contribution in [1.82, 2.24) is 0 Å². The fourth-order valence-corrected chi connectivity index (χ4v) is 1.66. The van der Waals surface area contributed by atoms with Crippen molar-refractivity contribution in [2.75, 3.05) is 19.8 Å². The molecule has 1 aliphatic heterocycles. The predicted molar refractivity (Wildman–Crippen MR) is 64.7 cm³/mol. The van der Waals surface area contributed by atoms with Crippen molar-refractivity contribution in [3.63, 3.8) is 0 Å². The molecule has 1 heterocycles. The van der Waals surface area contributed by atoms with Crippen LogP contribution in [-0.4, -0.2) is 31.9 Å². The second-order valence-electron chi connectivity index (χ2n) is 4.80. The van der Waals surface area contributed by atoms with Gasteiger partial charge in [0.2, 0.25) is 0 Å². The molecule has 1 atom stereocenters. The van der Waals surface area contributed by atoms with Crippen LogP contribution in [-0.2, 0) is 9.47 Å². The van der Waals surface area contributed by atoms with Crippen LogP contribution in [0.15, 0.2) is 24.3 Å². The lowest BCUT2D eigenvalue weighted by Crippen LogP contribution is -2.11. The van der Waals surface area contributed by atoms with Gasteiger partial charge < -0.3 is 14.2 Å². The number of epoxide rings is 1. The topological polar surface area (TPSA) is 48.1 Å². The highest BCUT2D eigenvalue weighted by Crippen LogP contribution is 2.29. The Morgan fingerprint density at radius 2 is 2.06 bits per heavy atom. The highest BCUT2D eigenvalue weighted by atomic mass is 16.6. The van der Waals surface area contributed by atoms with Crippen LogP contribution in [0.2, 0.25) is 0 Å². The molecule has 96 valence electrons. The molecule has 1 aromatic rings. The highest BCUT2D eigenvalue weighted by Gasteiger charge is 2.26. The van der Waals surface area contributed by atoms with Crippen LogP contribution in [0.4, 0.5) is 0 Å². The zero-order valence-corrected chi connectivity index (χ0v) is 10.1. The van der Waals surface area contributed by atoms with Gasteiger partial charge in [-0.3, -0.25) is 0 Å². The third-order valence-electron chi connectivity index (χ3n) is 3.08. The summed E-state index contributed by atoms with van der Waals surface area (Å²) in [6, 6.07) is 7.18. The molecule has 0 N–H and O–H groups in total. The molecular weight excluding hydrogens is 232 g/mol. The Hall–Kier alpha value is -1.55. The minimum Gasteiger partial charge on any atom is -0.490 e. The number of rotatable bonds is 6. The van der Waals surface area contributed by atoms with Crippen molar-refractivity contribution in [3.8, 4) is 5.75 Å². The van der Waals surface area contributed by atoms with Gasteiger partial charge in [0.1, 0.15) is 24.0 Å². The molecule has 1 aromatic carbocycles. The Bertz CT molecular complexity index is 435. The fraction of sp³-hybridized carbons (Fsp3) is 0.500. The Morgan fingerprint density at radius 1 is 1.28 bits per heavy atom. The van der Waals surface area contributed by atoms with E-state index in [0.717, 1.165) is 6.61 Å². The molecular formula is C14H16O4. The first-order valence-electron chi connectivity index (χ1n) is 6.33. The molecule has 1 unspecified atom stereocenters. The van der Waals surface area contributed by atoms with Crippen LogP contribution in [0.25, 0.3) is 0 Å². The number of hydrogen-bond acceptors (Lipinski definition) is 4. The molecule has 1 saturated carbocycles. The molecule has 18 heavy (non-hydrogen) atoms. The SMILES string of the molecule is O=C(OCC1CC1)c1ccccc1OCC1CO1. The quantitative estimate of drug-likeness (QED) is 0.571. The van der Waals surface area contributed by atoms with E-state index < -0.39 is 0 Å². The van der Waals surface area contributed by atoms with Gasteiger partial charge in [0.15, 0.2) is 0 Å². The highest BCUT2D eigenvalue weighted by molar-refractivity contribution is 5.92. The first-order chi connectivity index (χ1) is 8.83. The Morgan fingerprint density at radius 3 is 2.78 bits per heavy atom. The Balaban J connectivity index is 1.62. The summed E-state index contributed by atoms with van der Waals surface area (Å²) >= 11 is 0. The zero-order chi connectivity index (χ0) is 12.4. The average molecular weight is 248 g/mol. The van der Waals surface area contributed by atoms with E-state index in [-0.39, 0.29) is 12.1 Å². The number of esters is 1. The van der Waals surface area contributed by atoms with Crippen LogP contribution >= 0.6 is 0 Å². The van der Waals surface area contributed by atoms with E-state index in [0.29, 0.717) is 30.4 Å². The second kappa shape index (κ2) is 4.98. The summed E-state index contributed by atoms with van der Waals surface area (Å²) in [5.41, 5.74) is 0.499. The van der Waals surface area contributed by atoms with E-state index in [4.69, 9.17) is 14.2 Å². The molecule has 2 aliphatic rings. The van der Waals surface area contributed by atoms with E-state index in [1.165, 1.54) is 12.8 Å². The van der Waals surface area contributed by atoms with Gasteiger partial charge in [-0.25, -0.2) is 4.79 Å². The lowest BCUT2D eigenvalue weighted by Gasteiger charge is -2.10. The normalized spacial score (nSPS) is 21.4. The van der Waals surface area contributed by atoms with Crippen LogP contribution in [0.1, 0.15) is 23.2 Å². The van der Waals surface area contributed by atoms with Crippen molar-refractivity contribution in [3.05, 3.63) is 29.8 Å². The summed E-state index contributed by atoms with van der Waals surface area (Å²) in [7, 11) is 0. The predicted octanol–water partition coefficient (Wildman–Crippen LogP) is 2.03. The van der Waals surface area contributed by atoms with Crippen molar-refractivity contribution in [1.29, 1.82) is 0 Å². The molecule has 4 nitrogen and oxygen atoms in total. The molecule has 2 fully saturated rings. The smallest absolute Gasteiger partial charge is 0.341 e. The lowest BCUT2D eigenvalue weighted by molar-refractivity contribution is 0.0481. The van der Waals surface area contributed by atoms with Gasteiger partial charge in [-0.05, 0) is 30.9 Å². The van der Waals surface area contributed by atoms with Gasteiger partial charge in [-0.15, -0.1) is 0 Å². The number of carbonyl (C=O) groups excluding carboxylic acids is 1. The summed E-state index contributed by atoms with van der Waals surface area (Å²) in [5.74, 6) is 0.852. The molecule has 0 amide bonds. The standard InChI is InChI=1S/C14H16O4/c15-14(18-7-10-5-6-10)12-3-1-2-4-13(12)17-9-11-8-16-11/h1-4,10-11H,5-9H2. The molecule has 1 saturated heterocycles. The van der Waals surface area contributed by atoms with E-state index in [2.05, 4.69) is 0 Å². The maximum atomic E-state index is 11.9. The molecule has 4 heteroatoms. The minimum absolute atomic E-state index is 0.181. The Kier molecular flexibility index (Phi) is 3.19. The molecule has 1 aliphatic carbocycles. The summed E-state index contributed by atoms with van der Waals surface area (Å²) in [6.07, 6.45) is 2.52. The van der Waals surface area contributed by atoms with Gasteiger partial charge in [0, 0.05) is 0 Å². The Labute approximate surface area is 106 Å². The number of benzene rings is 1. The third-order valence-corrected chi connectivity index (χ3v) is 3.08.